The Labute approximate surface area is 142 Å². The maximum absolute atomic E-state index is 13.7. The van der Waals surface area contributed by atoms with Gasteiger partial charge < -0.3 is 10.1 Å². The first-order chi connectivity index (χ1) is 12.0. The largest absolute Gasteiger partial charge is 0.497 e. The van der Waals surface area contributed by atoms with Gasteiger partial charge in [-0.25, -0.2) is 13.5 Å². The number of hydrogen-bond donors (Lipinski definition) is 1. The first-order valence-corrected chi connectivity index (χ1v) is 7.45. The second-order valence-electron chi connectivity index (χ2n) is 5.36. The van der Waals surface area contributed by atoms with Crippen molar-refractivity contribution in [1.29, 1.82) is 0 Å². The molecule has 1 N–H and O–H groups in total. The van der Waals surface area contributed by atoms with Crippen LogP contribution in [0.4, 0.5) is 14.5 Å². The molecule has 5 nitrogen and oxygen atoms in total. The number of methoxy groups -OCH3 is 1. The Balaban J connectivity index is 1.84. The number of nitrogens with zero attached hydrogens (tertiary/aromatic N) is 2. The average Bonchev–Trinajstić information content (AvgIpc) is 2.99. The summed E-state index contributed by atoms with van der Waals surface area (Å²) in [6.45, 7) is 1.80. The SMILES string of the molecule is COc1ccc(-n2nc(C(=O)Nc3ccc(F)cc3F)cc2C)cc1. The van der Waals surface area contributed by atoms with Gasteiger partial charge in [0.15, 0.2) is 5.69 Å². The Morgan fingerprint density at radius 1 is 1.12 bits per heavy atom. The zero-order chi connectivity index (χ0) is 18.0. The molecule has 0 bridgehead atoms. The third kappa shape index (κ3) is 3.50. The van der Waals surface area contributed by atoms with Gasteiger partial charge in [-0.15, -0.1) is 0 Å². The van der Waals surface area contributed by atoms with E-state index in [2.05, 4.69) is 10.4 Å². The molecule has 0 spiro atoms. The highest BCUT2D eigenvalue weighted by atomic mass is 19.1. The summed E-state index contributed by atoms with van der Waals surface area (Å²) >= 11 is 0. The molecule has 0 radical (unpaired) electrons. The highest BCUT2D eigenvalue weighted by Gasteiger charge is 2.15. The van der Waals surface area contributed by atoms with Crippen LogP contribution in [0.1, 0.15) is 16.2 Å². The van der Waals surface area contributed by atoms with Gasteiger partial charge in [0, 0.05) is 11.8 Å². The number of rotatable bonds is 4. The third-order valence-corrected chi connectivity index (χ3v) is 3.62. The van der Waals surface area contributed by atoms with Crippen LogP contribution in [-0.2, 0) is 0 Å². The lowest BCUT2D eigenvalue weighted by Crippen LogP contribution is -2.14. The molecule has 0 unspecified atom stereocenters. The molecule has 1 aromatic heterocycles. The minimum absolute atomic E-state index is 0.108. The van der Waals surface area contributed by atoms with Crippen molar-refractivity contribution < 1.29 is 18.3 Å². The van der Waals surface area contributed by atoms with E-state index < -0.39 is 17.5 Å². The number of carbonyl (C=O) groups is 1. The van der Waals surface area contributed by atoms with Crippen LogP contribution in [-0.4, -0.2) is 22.8 Å². The predicted octanol–water partition coefficient (Wildman–Crippen LogP) is 3.72. The fourth-order valence-electron chi connectivity index (χ4n) is 2.35. The topological polar surface area (TPSA) is 56.2 Å². The Bertz CT molecular complexity index is 921. The van der Waals surface area contributed by atoms with Crippen LogP contribution >= 0.6 is 0 Å². The van der Waals surface area contributed by atoms with Crippen molar-refractivity contribution in [2.45, 2.75) is 6.92 Å². The molecule has 3 rings (SSSR count). The molecule has 0 atom stereocenters. The molecule has 25 heavy (non-hydrogen) atoms. The van der Waals surface area contributed by atoms with Gasteiger partial charge in [-0.05, 0) is 49.4 Å². The molecule has 0 aliphatic heterocycles. The van der Waals surface area contributed by atoms with E-state index in [1.807, 2.05) is 0 Å². The summed E-state index contributed by atoms with van der Waals surface area (Å²) in [4.78, 5) is 12.3. The van der Waals surface area contributed by atoms with Crippen LogP contribution in [0.3, 0.4) is 0 Å². The minimum Gasteiger partial charge on any atom is -0.497 e. The van der Waals surface area contributed by atoms with E-state index >= 15 is 0 Å². The number of nitrogens with one attached hydrogen (secondary N) is 1. The van der Waals surface area contributed by atoms with Crippen LogP contribution < -0.4 is 10.1 Å². The maximum atomic E-state index is 13.7. The molecule has 1 amide bonds. The number of aromatic nitrogens is 2. The first kappa shape index (κ1) is 16.6. The number of benzene rings is 2. The molecular formula is C18H15F2N3O2. The van der Waals surface area contributed by atoms with Crippen LogP contribution in [0.25, 0.3) is 5.69 Å². The Morgan fingerprint density at radius 3 is 2.48 bits per heavy atom. The summed E-state index contributed by atoms with van der Waals surface area (Å²) in [6, 6.07) is 11.7. The number of carbonyl (C=O) groups excluding carboxylic acids is 1. The molecule has 0 saturated carbocycles. The van der Waals surface area contributed by atoms with Gasteiger partial charge in [0.05, 0.1) is 18.5 Å². The van der Waals surface area contributed by atoms with Gasteiger partial charge >= 0.3 is 0 Å². The van der Waals surface area contributed by atoms with E-state index in [-0.39, 0.29) is 11.4 Å². The summed E-state index contributed by atoms with van der Waals surface area (Å²) in [6.07, 6.45) is 0. The molecule has 0 saturated heterocycles. The van der Waals surface area contributed by atoms with Gasteiger partial charge in [-0.2, -0.15) is 5.10 Å². The normalized spacial score (nSPS) is 10.6. The third-order valence-electron chi connectivity index (χ3n) is 3.62. The van der Waals surface area contributed by atoms with Gasteiger partial charge in [-0.1, -0.05) is 0 Å². The monoisotopic (exact) mass is 343 g/mol. The Morgan fingerprint density at radius 2 is 1.84 bits per heavy atom. The summed E-state index contributed by atoms with van der Waals surface area (Å²) in [5.41, 5.74) is 1.50. The van der Waals surface area contributed by atoms with E-state index in [4.69, 9.17) is 4.74 Å². The molecule has 0 fully saturated rings. The number of halogens is 2. The van der Waals surface area contributed by atoms with Crippen molar-refractivity contribution >= 4 is 11.6 Å². The Hall–Kier alpha value is -3.22. The van der Waals surface area contributed by atoms with Crippen LogP contribution in [0.5, 0.6) is 5.75 Å². The second-order valence-corrected chi connectivity index (χ2v) is 5.36. The van der Waals surface area contributed by atoms with Gasteiger partial charge in [0.1, 0.15) is 17.4 Å². The summed E-state index contributed by atoms with van der Waals surface area (Å²) in [5.74, 6) is -1.44. The zero-order valence-electron chi connectivity index (χ0n) is 13.6. The fourth-order valence-corrected chi connectivity index (χ4v) is 2.35. The van der Waals surface area contributed by atoms with E-state index in [0.717, 1.165) is 23.5 Å². The number of anilines is 1. The highest BCUT2D eigenvalue weighted by molar-refractivity contribution is 6.03. The molecule has 0 aliphatic carbocycles. The average molecular weight is 343 g/mol. The molecule has 1 heterocycles. The van der Waals surface area contributed by atoms with E-state index in [9.17, 15) is 13.6 Å². The fraction of sp³-hybridized carbons (Fsp3) is 0.111. The lowest BCUT2D eigenvalue weighted by atomic mass is 10.2. The van der Waals surface area contributed by atoms with Crippen molar-refractivity contribution in [3.63, 3.8) is 0 Å². The lowest BCUT2D eigenvalue weighted by molar-refractivity contribution is 0.102. The quantitative estimate of drug-likeness (QED) is 0.785. The van der Waals surface area contributed by atoms with Gasteiger partial charge in [0.25, 0.3) is 5.91 Å². The van der Waals surface area contributed by atoms with Crippen LogP contribution in [0.15, 0.2) is 48.5 Å². The van der Waals surface area contributed by atoms with Crippen LogP contribution in [0, 0.1) is 18.6 Å². The number of hydrogen-bond acceptors (Lipinski definition) is 3. The van der Waals surface area contributed by atoms with Crippen molar-refractivity contribution in [3.05, 3.63) is 71.6 Å². The van der Waals surface area contributed by atoms with E-state index in [0.29, 0.717) is 11.8 Å². The smallest absolute Gasteiger partial charge is 0.276 e. The molecule has 7 heteroatoms. The lowest BCUT2D eigenvalue weighted by Gasteiger charge is -2.06. The Kier molecular flexibility index (Phi) is 4.47. The maximum Gasteiger partial charge on any atom is 0.276 e. The summed E-state index contributed by atoms with van der Waals surface area (Å²) < 4.78 is 33.3. The predicted molar refractivity (Wildman–Crippen MR) is 89.2 cm³/mol. The van der Waals surface area contributed by atoms with E-state index in [1.165, 1.54) is 0 Å². The minimum atomic E-state index is -0.848. The second kappa shape index (κ2) is 6.72. The standard InChI is InChI=1S/C18H15F2N3O2/c1-11-9-17(18(24)21-16-8-3-12(19)10-15(16)20)22-23(11)13-4-6-14(25-2)7-5-13/h3-10H,1-2H3,(H,21,24). The zero-order valence-corrected chi connectivity index (χ0v) is 13.6. The van der Waals surface area contributed by atoms with Crippen molar-refractivity contribution in [2.75, 3.05) is 12.4 Å². The molecule has 2 aromatic carbocycles. The van der Waals surface area contributed by atoms with Crippen molar-refractivity contribution in [1.82, 2.24) is 9.78 Å². The van der Waals surface area contributed by atoms with Crippen LogP contribution in [0.2, 0.25) is 0 Å². The number of ether oxygens (including phenoxy) is 1. The van der Waals surface area contributed by atoms with Crippen molar-refractivity contribution in [3.8, 4) is 11.4 Å². The number of amides is 1. The molecule has 3 aromatic rings. The van der Waals surface area contributed by atoms with Gasteiger partial charge in [0.2, 0.25) is 0 Å². The van der Waals surface area contributed by atoms with Gasteiger partial charge in [-0.3, -0.25) is 4.79 Å². The van der Waals surface area contributed by atoms with E-state index in [1.54, 1.807) is 49.0 Å². The first-order valence-electron chi connectivity index (χ1n) is 7.45. The molecule has 128 valence electrons. The summed E-state index contributed by atoms with van der Waals surface area (Å²) in [5, 5.41) is 6.63. The van der Waals surface area contributed by atoms with Crippen molar-refractivity contribution in [2.24, 2.45) is 0 Å². The number of aryl methyl sites for hydroxylation is 1. The highest BCUT2D eigenvalue weighted by Crippen LogP contribution is 2.19. The summed E-state index contributed by atoms with van der Waals surface area (Å²) in [7, 11) is 1.57. The molecule has 0 aliphatic rings. The molecular weight excluding hydrogens is 328 g/mol.